The Hall–Kier alpha value is -1.61. The molecule has 2 aliphatic rings. The van der Waals surface area contributed by atoms with Gasteiger partial charge in [-0.25, -0.2) is 4.98 Å². The number of allylic oxidation sites excluding steroid dienone is 2. The molecule has 3 heteroatoms. The first-order valence-electron chi connectivity index (χ1n) is 8.79. The number of oxazole rings is 1. The lowest BCUT2D eigenvalue weighted by molar-refractivity contribution is 0.330. The number of nitrogens with two attached hydrogens (primary N) is 1. The van der Waals surface area contributed by atoms with E-state index in [2.05, 4.69) is 38.8 Å². The second-order valence-electron chi connectivity index (χ2n) is 7.75. The van der Waals surface area contributed by atoms with Gasteiger partial charge < -0.3 is 10.2 Å². The van der Waals surface area contributed by atoms with Crippen LogP contribution in [0.15, 0.2) is 22.5 Å². The zero-order valence-corrected chi connectivity index (χ0v) is 14.5. The summed E-state index contributed by atoms with van der Waals surface area (Å²) < 4.78 is 5.78. The van der Waals surface area contributed by atoms with Crippen molar-refractivity contribution in [2.75, 3.05) is 0 Å². The van der Waals surface area contributed by atoms with Crippen LogP contribution < -0.4 is 5.73 Å². The molecular weight excluding hydrogens is 284 g/mol. The highest BCUT2D eigenvalue weighted by Gasteiger charge is 2.40. The fourth-order valence-electron chi connectivity index (χ4n) is 5.00. The van der Waals surface area contributed by atoms with Gasteiger partial charge in [0.05, 0.1) is 0 Å². The molecule has 4 atom stereocenters. The van der Waals surface area contributed by atoms with Crippen molar-refractivity contribution in [2.45, 2.75) is 64.8 Å². The molecule has 0 fully saturated rings. The molecule has 0 aliphatic heterocycles. The molecule has 0 bridgehead atoms. The van der Waals surface area contributed by atoms with Crippen LogP contribution in [0.1, 0.15) is 80.2 Å². The third-order valence-electron chi connectivity index (χ3n) is 5.90. The van der Waals surface area contributed by atoms with Crippen LogP contribution in [-0.4, -0.2) is 4.98 Å². The molecule has 0 radical (unpaired) electrons. The summed E-state index contributed by atoms with van der Waals surface area (Å²) in [5.74, 6) is 1.79. The summed E-state index contributed by atoms with van der Waals surface area (Å²) in [7, 11) is 0. The molecule has 2 aromatic rings. The lowest BCUT2D eigenvalue weighted by Gasteiger charge is -2.42. The average Bonchev–Trinajstić information content (AvgIpc) is 2.95. The van der Waals surface area contributed by atoms with Gasteiger partial charge in [0, 0.05) is 17.5 Å². The van der Waals surface area contributed by atoms with Crippen LogP contribution in [0.4, 0.5) is 0 Å². The van der Waals surface area contributed by atoms with E-state index < -0.39 is 0 Å². The Kier molecular flexibility index (Phi) is 3.38. The summed E-state index contributed by atoms with van der Waals surface area (Å²) in [5, 5.41) is 0. The molecule has 0 unspecified atom stereocenters. The molecule has 0 saturated carbocycles. The van der Waals surface area contributed by atoms with E-state index in [0.717, 1.165) is 17.5 Å². The fourth-order valence-corrected chi connectivity index (χ4v) is 5.00. The van der Waals surface area contributed by atoms with Crippen molar-refractivity contribution in [2.24, 2.45) is 11.7 Å². The number of benzene rings is 1. The van der Waals surface area contributed by atoms with Crippen LogP contribution in [0.2, 0.25) is 0 Å². The molecule has 0 amide bonds. The number of aromatic nitrogens is 1. The van der Waals surface area contributed by atoms with E-state index in [1.165, 1.54) is 40.7 Å². The SMILES string of the molecule is CC(C)=C[C@@H]1C[C@H](C)[C@H]2CC[C@H](N)c3c2c1c(C)c1ncoc31. The standard InChI is InChI=1S/C20H26N2O/c1-10(2)7-13-8-11(3)14-5-6-15(21)18-17(14)16(13)12(4)19-20(18)23-9-22-19/h7,9,11,13-15H,5-6,8,21H2,1-4H3/t11-,13+,14+,15-/m0/s1. The van der Waals surface area contributed by atoms with Crippen LogP contribution in [0, 0.1) is 12.8 Å². The molecular formula is C20H26N2O. The normalized spacial score (nSPS) is 29.4. The topological polar surface area (TPSA) is 52.0 Å². The summed E-state index contributed by atoms with van der Waals surface area (Å²) >= 11 is 0. The minimum Gasteiger partial charge on any atom is -0.443 e. The van der Waals surface area contributed by atoms with E-state index in [-0.39, 0.29) is 6.04 Å². The molecule has 2 N–H and O–H groups in total. The number of hydrogen-bond acceptors (Lipinski definition) is 3. The van der Waals surface area contributed by atoms with Crippen LogP contribution in [-0.2, 0) is 0 Å². The van der Waals surface area contributed by atoms with Gasteiger partial charge in [0.2, 0.25) is 0 Å². The third kappa shape index (κ3) is 2.09. The largest absolute Gasteiger partial charge is 0.443 e. The minimum atomic E-state index is 0.0775. The predicted molar refractivity (Wildman–Crippen MR) is 93.6 cm³/mol. The Morgan fingerprint density at radius 1 is 1.26 bits per heavy atom. The Morgan fingerprint density at radius 3 is 2.78 bits per heavy atom. The highest BCUT2D eigenvalue weighted by Crippen LogP contribution is 2.54. The number of nitrogens with zero attached hydrogens (tertiary/aromatic N) is 1. The molecule has 2 aliphatic carbocycles. The van der Waals surface area contributed by atoms with Gasteiger partial charge in [-0.05, 0) is 68.6 Å². The first-order chi connectivity index (χ1) is 11.0. The Bertz CT molecular complexity index is 798. The summed E-state index contributed by atoms with van der Waals surface area (Å²) in [4.78, 5) is 4.51. The first-order valence-corrected chi connectivity index (χ1v) is 8.79. The van der Waals surface area contributed by atoms with E-state index in [1.807, 2.05) is 0 Å². The highest BCUT2D eigenvalue weighted by molar-refractivity contribution is 5.84. The Morgan fingerprint density at radius 2 is 2.04 bits per heavy atom. The molecule has 1 heterocycles. The summed E-state index contributed by atoms with van der Waals surface area (Å²) in [5.41, 5.74) is 15.4. The second-order valence-corrected chi connectivity index (χ2v) is 7.75. The smallest absolute Gasteiger partial charge is 0.182 e. The molecule has 122 valence electrons. The number of aryl methyl sites for hydroxylation is 1. The number of hydrogen-bond donors (Lipinski definition) is 1. The summed E-state index contributed by atoms with van der Waals surface area (Å²) in [6.07, 6.45) is 7.48. The van der Waals surface area contributed by atoms with Gasteiger partial charge in [0.15, 0.2) is 12.0 Å². The van der Waals surface area contributed by atoms with Crippen molar-refractivity contribution >= 4 is 11.1 Å². The highest BCUT2D eigenvalue weighted by atomic mass is 16.3. The summed E-state index contributed by atoms with van der Waals surface area (Å²) in [6, 6.07) is 0.0775. The average molecular weight is 310 g/mol. The lowest BCUT2D eigenvalue weighted by Crippen LogP contribution is -2.30. The number of rotatable bonds is 1. The van der Waals surface area contributed by atoms with Crippen LogP contribution in [0.3, 0.4) is 0 Å². The monoisotopic (exact) mass is 310 g/mol. The molecule has 3 nitrogen and oxygen atoms in total. The lowest BCUT2D eigenvalue weighted by atomic mass is 9.63. The van der Waals surface area contributed by atoms with E-state index in [9.17, 15) is 0 Å². The molecule has 23 heavy (non-hydrogen) atoms. The van der Waals surface area contributed by atoms with Crippen LogP contribution >= 0.6 is 0 Å². The maximum absolute atomic E-state index is 6.52. The van der Waals surface area contributed by atoms with Gasteiger partial charge in [-0.2, -0.15) is 0 Å². The van der Waals surface area contributed by atoms with E-state index in [1.54, 1.807) is 6.39 Å². The van der Waals surface area contributed by atoms with E-state index in [0.29, 0.717) is 17.8 Å². The Labute approximate surface area is 138 Å². The van der Waals surface area contributed by atoms with E-state index >= 15 is 0 Å². The van der Waals surface area contributed by atoms with Gasteiger partial charge in [-0.3, -0.25) is 0 Å². The first kappa shape index (κ1) is 14.9. The quantitative estimate of drug-likeness (QED) is 0.745. The fraction of sp³-hybridized carbons (Fsp3) is 0.550. The second kappa shape index (κ2) is 5.20. The van der Waals surface area contributed by atoms with Crippen molar-refractivity contribution in [3.63, 3.8) is 0 Å². The third-order valence-corrected chi connectivity index (χ3v) is 5.90. The molecule has 1 aromatic carbocycles. The van der Waals surface area contributed by atoms with Crippen molar-refractivity contribution in [1.82, 2.24) is 4.98 Å². The molecule has 4 rings (SSSR count). The van der Waals surface area contributed by atoms with Crippen molar-refractivity contribution in [3.05, 3.63) is 40.3 Å². The van der Waals surface area contributed by atoms with Crippen molar-refractivity contribution < 1.29 is 4.42 Å². The van der Waals surface area contributed by atoms with Gasteiger partial charge in [-0.15, -0.1) is 0 Å². The maximum atomic E-state index is 6.52. The van der Waals surface area contributed by atoms with Crippen molar-refractivity contribution in [1.29, 1.82) is 0 Å². The molecule has 0 spiro atoms. The Balaban J connectivity index is 2.10. The minimum absolute atomic E-state index is 0.0775. The predicted octanol–water partition coefficient (Wildman–Crippen LogP) is 5.10. The van der Waals surface area contributed by atoms with Gasteiger partial charge in [-0.1, -0.05) is 18.6 Å². The van der Waals surface area contributed by atoms with Gasteiger partial charge in [0.1, 0.15) is 5.52 Å². The zero-order chi connectivity index (χ0) is 16.3. The van der Waals surface area contributed by atoms with Crippen LogP contribution in [0.5, 0.6) is 0 Å². The zero-order valence-electron chi connectivity index (χ0n) is 14.5. The van der Waals surface area contributed by atoms with Crippen LogP contribution in [0.25, 0.3) is 11.1 Å². The maximum Gasteiger partial charge on any atom is 0.182 e. The number of fused-ring (bicyclic) bond motifs is 2. The van der Waals surface area contributed by atoms with Gasteiger partial charge in [0.25, 0.3) is 0 Å². The molecule has 1 aromatic heterocycles. The van der Waals surface area contributed by atoms with Gasteiger partial charge >= 0.3 is 0 Å². The molecule has 0 saturated heterocycles. The summed E-state index contributed by atoms with van der Waals surface area (Å²) in [6.45, 7) is 9.00. The van der Waals surface area contributed by atoms with Crippen molar-refractivity contribution in [3.8, 4) is 0 Å². The van der Waals surface area contributed by atoms with E-state index in [4.69, 9.17) is 10.2 Å².